The molecule has 4 rings (SSSR count). The first-order valence-electron chi connectivity index (χ1n) is 7.42. The Labute approximate surface area is 146 Å². The minimum atomic E-state index is -0.405. The molecule has 8 heteroatoms. The Bertz CT molecular complexity index is 1050. The number of aryl methyl sites for hydroxylation is 1. The highest BCUT2D eigenvalue weighted by molar-refractivity contribution is 7.22. The number of rotatable bonds is 4. The molecule has 1 amide bonds. The molecule has 0 saturated carbocycles. The van der Waals surface area contributed by atoms with Crippen molar-refractivity contribution in [3.8, 4) is 17.3 Å². The second-order valence-electron chi connectivity index (χ2n) is 5.29. The van der Waals surface area contributed by atoms with Crippen molar-refractivity contribution in [2.24, 2.45) is 0 Å². The molecule has 0 radical (unpaired) electrons. The summed E-state index contributed by atoms with van der Waals surface area (Å²) in [6.45, 7) is 1.98. The fourth-order valence-electron chi connectivity index (χ4n) is 2.41. The third kappa shape index (κ3) is 2.76. The van der Waals surface area contributed by atoms with Gasteiger partial charge in [0.05, 0.1) is 18.1 Å². The maximum atomic E-state index is 12.4. The monoisotopic (exact) mass is 355 g/mol. The molecule has 0 aliphatic carbocycles. The molecule has 0 aliphatic heterocycles. The summed E-state index contributed by atoms with van der Waals surface area (Å²) in [5.41, 5.74) is 1.93. The second-order valence-corrected chi connectivity index (χ2v) is 6.29. The van der Waals surface area contributed by atoms with Gasteiger partial charge in [0.25, 0.3) is 5.91 Å². The van der Waals surface area contributed by atoms with Crippen LogP contribution in [0.3, 0.4) is 0 Å². The Morgan fingerprint density at radius 1 is 1.28 bits per heavy atom. The number of carbonyl (C=O) groups excluding carboxylic acids is 1. The van der Waals surface area contributed by atoms with E-state index in [0.29, 0.717) is 22.4 Å². The van der Waals surface area contributed by atoms with E-state index in [1.165, 1.54) is 23.7 Å². The molecule has 0 bridgehead atoms. The maximum Gasteiger partial charge on any atom is 0.279 e. The fraction of sp³-hybridized carbons (Fsp3) is 0.118. The predicted molar refractivity (Wildman–Crippen MR) is 93.1 cm³/mol. The Kier molecular flexibility index (Phi) is 3.73. The van der Waals surface area contributed by atoms with E-state index in [1.807, 2.05) is 19.1 Å². The standard InChI is InChI=1S/C17H13N3O4S/c1-9-5-6-12(22-2)14-15(9)25-17(18-14)19-16(21)10-8-13(24-20-10)11-4-3-7-23-11/h3-8H,1-2H3,(H,18,19,21). The van der Waals surface area contributed by atoms with E-state index in [4.69, 9.17) is 13.7 Å². The molecule has 126 valence electrons. The van der Waals surface area contributed by atoms with Gasteiger partial charge in [-0.05, 0) is 30.7 Å². The lowest BCUT2D eigenvalue weighted by atomic mass is 10.2. The summed E-state index contributed by atoms with van der Waals surface area (Å²) in [6.07, 6.45) is 1.52. The lowest BCUT2D eigenvalue weighted by Crippen LogP contribution is -2.11. The van der Waals surface area contributed by atoms with Gasteiger partial charge in [-0.1, -0.05) is 22.6 Å². The normalized spacial score (nSPS) is 11.0. The van der Waals surface area contributed by atoms with Crippen molar-refractivity contribution in [2.75, 3.05) is 12.4 Å². The number of hydrogen-bond donors (Lipinski definition) is 1. The van der Waals surface area contributed by atoms with Gasteiger partial charge in [0.1, 0.15) is 11.3 Å². The molecule has 1 aromatic carbocycles. The van der Waals surface area contributed by atoms with Crippen molar-refractivity contribution in [3.05, 3.63) is 47.9 Å². The van der Waals surface area contributed by atoms with Crippen LogP contribution < -0.4 is 10.1 Å². The zero-order valence-corrected chi connectivity index (χ0v) is 14.2. The molecule has 0 atom stereocenters. The predicted octanol–water partition coefficient (Wildman–Crippen LogP) is 4.11. The number of ether oxygens (including phenoxy) is 1. The first-order chi connectivity index (χ1) is 12.2. The molecule has 25 heavy (non-hydrogen) atoms. The molecule has 1 N–H and O–H groups in total. The Morgan fingerprint density at radius 2 is 2.16 bits per heavy atom. The zero-order valence-electron chi connectivity index (χ0n) is 13.4. The highest BCUT2D eigenvalue weighted by atomic mass is 32.1. The summed E-state index contributed by atoms with van der Waals surface area (Å²) in [5, 5.41) is 6.99. The van der Waals surface area contributed by atoms with Gasteiger partial charge in [0.2, 0.25) is 5.76 Å². The smallest absolute Gasteiger partial charge is 0.279 e. The quantitative estimate of drug-likeness (QED) is 0.592. The third-order valence-corrected chi connectivity index (χ3v) is 4.76. The Hall–Kier alpha value is -3.13. The minimum absolute atomic E-state index is 0.148. The molecule has 0 spiro atoms. The number of thiazole rings is 1. The highest BCUT2D eigenvalue weighted by Crippen LogP contribution is 2.34. The van der Waals surface area contributed by atoms with Crippen LogP contribution in [0.4, 0.5) is 5.13 Å². The highest BCUT2D eigenvalue weighted by Gasteiger charge is 2.18. The number of anilines is 1. The van der Waals surface area contributed by atoms with E-state index in [9.17, 15) is 4.79 Å². The van der Waals surface area contributed by atoms with Crippen LogP contribution in [0, 0.1) is 6.92 Å². The van der Waals surface area contributed by atoms with E-state index in [-0.39, 0.29) is 5.69 Å². The molecule has 0 aliphatic rings. The maximum absolute atomic E-state index is 12.4. The number of fused-ring (bicyclic) bond motifs is 1. The largest absolute Gasteiger partial charge is 0.494 e. The zero-order chi connectivity index (χ0) is 17.4. The van der Waals surface area contributed by atoms with Gasteiger partial charge in [-0.15, -0.1) is 0 Å². The van der Waals surface area contributed by atoms with Crippen molar-refractivity contribution >= 4 is 32.6 Å². The van der Waals surface area contributed by atoms with Crippen LogP contribution in [0.15, 0.2) is 45.5 Å². The number of amides is 1. The third-order valence-electron chi connectivity index (χ3n) is 3.65. The summed E-state index contributed by atoms with van der Waals surface area (Å²) >= 11 is 1.38. The molecular formula is C17H13N3O4S. The molecule has 4 aromatic rings. The van der Waals surface area contributed by atoms with Crippen molar-refractivity contribution in [3.63, 3.8) is 0 Å². The van der Waals surface area contributed by atoms with Crippen molar-refractivity contribution in [1.29, 1.82) is 0 Å². The first-order valence-corrected chi connectivity index (χ1v) is 8.23. The van der Waals surface area contributed by atoms with Crippen LogP contribution >= 0.6 is 11.3 Å². The lowest BCUT2D eigenvalue weighted by molar-refractivity contribution is 0.101. The van der Waals surface area contributed by atoms with Crippen LogP contribution in [0.1, 0.15) is 16.1 Å². The summed E-state index contributed by atoms with van der Waals surface area (Å²) in [4.78, 5) is 16.8. The van der Waals surface area contributed by atoms with Crippen molar-refractivity contribution in [1.82, 2.24) is 10.1 Å². The lowest BCUT2D eigenvalue weighted by Gasteiger charge is -2.01. The molecule has 7 nitrogen and oxygen atoms in total. The van der Waals surface area contributed by atoms with Crippen molar-refractivity contribution in [2.45, 2.75) is 6.92 Å². The molecule has 0 saturated heterocycles. The molecule has 0 fully saturated rings. The summed E-state index contributed by atoms with van der Waals surface area (Å²) in [6, 6.07) is 8.79. The molecule has 3 heterocycles. The molecule has 0 unspecified atom stereocenters. The fourth-order valence-corrected chi connectivity index (χ4v) is 3.35. The average Bonchev–Trinajstić information content (AvgIpc) is 3.34. The van der Waals surface area contributed by atoms with E-state index < -0.39 is 5.91 Å². The molecular weight excluding hydrogens is 342 g/mol. The van der Waals surface area contributed by atoms with Gasteiger partial charge in [-0.3, -0.25) is 10.1 Å². The number of methoxy groups -OCH3 is 1. The van der Waals surface area contributed by atoms with Gasteiger partial charge in [-0.25, -0.2) is 4.98 Å². The van der Waals surface area contributed by atoms with Crippen LogP contribution in [0.5, 0.6) is 5.75 Å². The van der Waals surface area contributed by atoms with Gasteiger partial charge in [0, 0.05) is 6.07 Å². The number of hydrogen-bond acceptors (Lipinski definition) is 7. The van der Waals surface area contributed by atoms with Gasteiger partial charge in [0.15, 0.2) is 16.6 Å². The number of benzene rings is 1. The number of aromatic nitrogens is 2. The summed E-state index contributed by atoms with van der Waals surface area (Å²) in [7, 11) is 1.59. The second kappa shape index (κ2) is 6.06. The van der Waals surface area contributed by atoms with Gasteiger partial charge >= 0.3 is 0 Å². The van der Waals surface area contributed by atoms with E-state index >= 15 is 0 Å². The SMILES string of the molecule is COc1ccc(C)c2sc(NC(=O)c3cc(-c4ccco4)on3)nc12. The van der Waals surface area contributed by atoms with Gasteiger partial charge in [-0.2, -0.15) is 0 Å². The number of carbonyl (C=O) groups is 1. The Morgan fingerprint density at radius 3 is 2.92 bits per heavy atom. The van der Waals surface area contributed by atoms with Crippen LogP contribution in [-0.4, -0.2) is 23.2 Å². The average molecular weight is 355 g/mol. The van der Waals surface area contributed by atoms with Crippen LogP contribution in [0.25, 0.3) is 21.7 Å². The number of nitrogens with one attached hydrogen (secondary N) is 1. The van der Waals surface area contributed by atoms with Crippen molar-refractivity contribution < 1.29 is 18.5 Å². The van der Waals surface area contributed by atoms with E-state index in [2.05, 4.69) is 15.5 Å². The van der Waals surface area contributed by atoms with E-state index in [1.54, 1.807) is 19.2 Å². The van der Waals surface area contributed by atoms with Crippen LogP contribution in [-0.2, 0) is 0 Å². The number of furan rings is 1. The topological polar surface area (TPSA) is 90.4 Å². The summed E-state index contributed by atoms with van der Waals surface area (Å²) < 4.78 is 16.6. The first kappa shape index (κ1) is 15.4. The minimum Gasteiger partial charge on any atom is -0.494 e. The van der Waals surface area contributed by atoms with E-state index in [0.717, 1.165) is 15.8 Å². The number of nitrogens with zero attached hydrogens (tertiary/aromatic N) is 2. The molecule has 3 aromatic heterocycles. The summed E-state index contributed by atoms with van der Waals surface area (Å²) in [5.74, 6) is 1.15. The Balaban J connectivity index is 1.61. The van der Waals surface area contributed by atoms with Crippen LogP contribution in [0.2, 0.25) is 0 Å². The van der Waals surface area contributed by atoms with Gasteiger partial charge < -0.3 is 13.7 Å².